The van der Waals surface area contributed by atoms with E-state index in [9.17, 15) is 10.2 Å². The van der Waals surface area contributed by atoms with E-state index >= 15 is 0 Å². The van der Waals surface area contributed by atoms with E-state index in [2.05, 4.69) is 4.98 Å². The van der Waals surface area contributed by atoms with Crippen LogP contribution in [0.15, 0.2) is 18.7 Å². The summed E-state index contributed by atoms with van der Waals surface area (Å²) in [5.41, 5.74) is 0. The van der Waals surface area contributed by atoms with Gasteiger partial charge in [-0.05, 0) is 19.3 Å². The van der Waals surface area contributed by atoms with Gasteiger partial charge in [0.1, 0.15) is 0 Å². The topological polar surface area (TPSA) is 58.3 Å². The van der Waals surface area contributed by atoms with Gasteiger partial charge < -0.3 is 14.8 Å². The maximum Gasteiger partial charge on any atom is 0.0948 e. The SMILES string of the molecule is OC1CC(O)CC(n2ccnc2)C1. The van der Waals surface area contributed by atoms with Crippen LogP contribution in [-0.4, -0.2) is 32.0 Å². The Balaban J connectivity index is 2.07. The van der Waals surface area contributed by atoms with Crippen LogP contribution in [0.4, 0.5) is 0 Å². The molecule has 1 saturated carbocycles. The molecule has 0 aliphatic heterocycles. The summed E-state index contributed by atoms with van der Waals surface area (Å²) >= 11 is 0. The smallest absolute Gasteiger partial charge is 0.0948 e. The first-order valence-corrected chi connectivity index (χ1v) is 4.59. The summed E-state index contributed by atoms with van der Waals surface area (Å²) in [5, 5.41) is 18.9. The average molecular weight is 182 g/mol. The van der Waals surface area contributed by atoms with Crippen LogP contribution in [0, 0.1) is 0 Å². The zero-order valence-electron chi connectivity index (χ0n) is 7.37. The molecule has 2 rings (SSSR count). The fraction of sp³-hybridized carbons (Fsp3) is 0.667. The third-order valence-corrected chi connectivity index (χ3v) is 2.58. The van der Waals surface area contributed by atoms with E-state index in [0.717, 1.165) is 0 Å². The summed E-state index contributed by atoms with van der Waals surface area (Å²) in [4.78, 5) is 3.95. The summed E-state index contributed by atoms with van der Waals surface area (Å²) in [6.45, 7) is 0. The van der Waals surface area contributed by atoms with E-state index < -0.39 is 0 Å². The highest BCUT2D eigenvalue weighted by molar-refractivity contribution is 4.87. The number of rotatable bonds is 1. The summed E-state index contributed by atoms with van der Waals surface area (Å²) in [5.74, 6) is 0. The van der Waals surface area contributed by atoms with Crippen LogP contribution in [0.25, 0.3) is 0 Å². The number of aromatic nitrogens is 2. The van der Waals surface area contributed by atoms with Crippen LogP contribution >= 0.6 is 0 Å². The van der Waals surface area contributed by atoms with Crippen LogP contribution in [-0.2, 0) is 0 Å². The Bertz CT molecular complexity index is 251. The number of aliphatic hydroxyl groups is 2. The number of imidazole rings is 1. The molecule has 1 fully saturated rings. The Morgan fingerprint density at radius 3 is 2.38 bits per heavy atom. The van der Waals surface area contributed by atoms with E-state index in [0.29, 0.717) is 19.3 Å². The maximum atomic E-state index is 9.46. The second-order valence-electron chi connectivity index (χ2n) is 3.68. The molecule has 0 saturated heterocycles. The molecule has 1 aromatic heterocycles. The van der Waals surface area contributed by atoms with Crippen LogP contribution in [0.2, 0.25) is 0 Å². The Hall–Kier alpha value is -0.870. The molecule has 1 aliphatic rings. The minimum atomic E-state index is -0.379. The second kappa shape index (κ2) is 3.47. The molecule has 2 unspecified atom stereocenters. The van der Waals surface area contributed by atoms with Crippen molar-refractivity contribution in [3.05, 3.63) is 18.7 Å². The lowest BCUT2D eigenvalue weighted by Crippen LogP contribution is -2.30. The average Bonchev–Trinajstić information content (AvgIpc) is 2.53. The van der Waals surface area contributed by atoms with E-state index in [1.807, 2.05) is 10.8 Å². The maximum absolute atomic E-state index is 9.46. The Labute approximate surface area is 76.8 Å². The van der Waals surface area contributed by atoms with Gasteiger partial charge in [-0.1, -0.05) is 0 Å². The summed E-state index contributed by atoms with van der Waals surface area (Å²) in [6.07, 6.45) is 6.50. The Kier molecular flexibility index (Phi) is 2.33. The first-order chi connectivity index (χ1) is 6.25. The normalized spacial score (nSPS) is 34.8. The molecule has 1 aliphatic carbocycles. The predicted molar refractivity (Wildman–Crippen MR) is 47.1 cm³/mol. The van der Waals surface area contributed by atoms with Crippen molar-refractivity contribution in [2.75, 3.05) is 0 Å². The number of hydrogen-bond donors (Lipinski definition) is 2. The Morgan fingerprint density at radius 2 is 1.85 bits per heavy atom. The predicted octanol–water partition coefficient (Wildman–Crippen LogP) is 0.330. The molecular formula is C9H14N2O2. The van der Waals surface area contributed by atoms with Crippen molar-refractivity contribution in [2.24, 2.45) is 0 Å². The number of aliphatic hydroxyl groups excluding tert-OH is 2. The van der Waals surface area contributed by atoms with Crippen molar-refractivity contribution in [3.63, 3.8) is 0 Å². The largest absolute Gasteiger partial charge is 0.393 e. The van der Waals surface area contributed by atoms with Crippen LogP contribution in [0.3, 0.4) is 0 Å². The molecule has 72 valence electrons. The molecule has 0 bridgehead atoms. The molecule has 1 aromatic rings. The van der Waals surface area contributed by atoms with E-state index in [1.54, 1.807) is 12.5 Å². The van der Waals surface area contributed by atoms with Crippen molar-refractivity contribution in [1.82, 2.24) is 9.55 Å². The van der Waals surface area contributed by atoms with Crippen molar-refractivity contribution < 1.29 is 10.2 Å². The molecule has 0 amide bonds. The van der Waals surface area contributed by atoms with Gasteiger partial charge in [-0.15, -0.1) is 0 Å². The second-order valence-corrected chi connectivity index (χ2v) is 3.68. The molecule has 0 spiro atoms. The molecule has 13 heavy (non-hydrogen) atoms. The fourth-order valence-electron chi connectivity index (χ4n) is 1.96. The van der Waals surface area contributed by atoms with E-state index in [-0.39, 0.29) is 18.2 Å². The first-order valence-electron chi connectivity index (χ1n) is 4.59. The first kappa shape index (κ1) is 8.72. The highest BCUT2D eigenvalue weighted by Crippen LogP contribution is 2.28. The van der Waals surface area contributed by atoms with Gasteiger partial charge in [0, 0.05) is 18.4 Å². The Morgan fingerprint density at radius 1 is 1.15 bits per heavy atom. The lowest BCUT2D eigenvalue weighted by atomic mass is 9.90. The van der Waals surface area contributed by atoms with Crippen LogP contribution < -0.4 is 0 Å². The molecule has 0 aromatic carbocycles. The highest BCUT2D eigenvalue weighted by atomic mass is 16.3. The molecule has 0 radical (unpaired) electrons. The molecule has 2 atom stereocenters. The zero-order chi connectivity index (χ0) is 9.26. The standard InChI is InChI=1S/C9H14N2O2/c12-8-3-7(4-9(13)5-8)11-2-1-10-6-11/h1-2,6-9,12-13H,3-5H2. The molecule has 2 N–H and O–H groups in total. The third kappa shape index (κ3) is 1.89. The lowest BCUT2D eigenvalue weighted by Gasteiger charge is -2.30. The minimum absolute atomic E-state index is 0.196. The van der Waals surface area contributed by atoms with Crippen molar-refractivity contribution >= 4 is 0 Å². The lowest BCUT2D eigenvalue weighted by molar-refractivity contribution is 0.0175. The van der Waals surface area contributed by atoms with Gasteiger partial charge in [-0.3, -0.25) is 0 Å². The zero-order valence-corrected chi connectivity index (χ0v) is 7.37. The minimum Gasteiger partial charge on any atom is -0.393 e. The van der Waals surface area contributed by atoms with Crippen molar-refractivity contribution in [2.45, 2.75) is 37.5 Å². The molecule has 1 heterocycles. The summed E-state index contributed by atoms with van der Waals surface area (Å²) < 4.78 is 1.95. The van der Waals surface area contributed by atoms with E-state index in [4.69, 9.17) is 0 Å². The fourth-order valence-corrected chi connectivity index (χ4v) is 1.96. The summed E-state index contributed by atoms with van der Waals surface area (Å²) in [7, 11) is 0. The van der Waals surface area contributed by atoms with Gasteiger partial charge in [0.05, 0.1) is 18.5 Å². The monoisotopic (exact) mass is 182 g/mol. The molecular weight excluding hydrogens is 168 g/mol. The number of hydrogen-bond acceptors (Lipinski definition) is 3. The number of nitrogens with zero attached hydrogens (tertiary/aromatic N) is 2. The van der Waals surface area contributed by atoms with Gasteiger partial charge in [-0.2, -0.15) is 0 Å². The van der Waals surface area contributed by atoms with Gasteiger partial charge in [0.25, 0.3) is 0 Å². The highest BCUT2D eigenvalue weighted by Gasteiger charge is 2.26. The third-order valence-electron chi connectivity index (χ3n) is 2.58. The van der Waals surface area contributed by atoms with Crippen LogP contribution in [0.5, 0.6) is 0 Å². The van der Waals surface area contributed by atoms with Gasteiger partial charge >= 0.3 is 0 Å². The quantitative estimate of drug-likeness (QED) is 0.658. The van der Waals surface area contributed by atoms with Crippen molar-refractivity contribution in [1.29, 1.82) is 0 Å². The van der Waals surface area contributed by atoms with Gasteiger partial charge in [0.15, 0.2) is 0 Å². The van der Waals surface area contributed by atoms with Crippen molar-refractivity contribution in [3.8, 4) is 0 Å². The molecule has 4 nitrogen and oxygen atoms in total. The summed E-state index contributed by atoms with van der Waals surface area (Å²) in [6, 6.07) is 0.196. The van der Waals surface area contributed by atoms with Gasteiger partial charge in [0.2, 0.25) is 0 Å². The molecule has 4 heteroatoms. The van der Waals surface area contributed by atoms with Crippen LogP contribution in [0.1, 0.15) is 25.3 Å². The van der Waals surface area contributed by atoms with E-state index in [1.165, 1.54) is 0 Å². The van der Waals surface area contributed by atoms with Gasteiger partial charge in [-0.25, -0.2) is 4.98 Å².